The van der Waals surface area contributed by atoms with Gasteiger partial charge in [-0.1, -0.05) is 76.8 Å². The zero-order chi connectivity index (χ0) is 24.4. The van der Waals surface area contributed by atoms with Gasteiger partial charge in [0.25, 0.3) is 0 Å². The molecule has 34 heavy (non-hydrogen) atoms. The molecule has 0 aromatic heterocycles. The van der Waals surface area contributed by atoms with E-state index in [-0.39, 0.29) is 0 Å². The van der Waals surface area contributed by atoms with Gasteiger partial charge in [-0.3, -0.25) is 0 Å². The molecule has 2 aromatic carbocycles. The van der Waals surface area contributed by atoms with Crippen LogP contribution in [0.5, 0.6) is 0 Å². The first-order chi connectivity index (χ1) is 16.4. The average Bonchev–Trinajstić information content (AvgIpc) is 3.43. The largest absolute Gasteiger partial charge is 0.117 e. The number of allylic oxidation sites excluding steroid dienone is 4. The molecule has 0 radical (unpaired) electrons. The van der Waals surface area contributed by atoms with Crippen LogP contribution < -0.4 is 0 Å². The summed E-state index contributed by atoms with van der Waals surface area (Å²) in [7, 11) is 0. The van der Waals surface area contributed by atoms with E-state index in [1.807, 2.05) is 0 Å². The molecule has 1 unspecified atom stereocenters. The molecule has 1 aliphatic carbocycles. The van der Waals surface area contributed by atoms with Crippen molar-refractivity contribution in [3.8, 4) is 11.1 Å². The van der Waals surface area contributed by atoms with Crippen LogP contribution in [0.25, 0.3) is 16.0 Å². The highest BCUT2D eigenvalue weighted by atomic mass is 32.2. The summed E-state index contributed by atoms with van der Waals surface area (Å²) in [6, 6.07) is 7.35. The van der Waals surface area contributed by atoms with Gasteiger partial charge < -0.3 is 0 Å². The molecular weight excluding hydrogens is 428 g/mol. The summed E-state index contributed by atoms with van der Waals surface area (Å²) in [5.74, 6) is 0. The van der Waals surface area contributed by atoms with Gasteiger partial charge in [0.2, 0.25) is 0 Å². The molecule has 2 aliphatic rings. The van der Waals surface area contributed by atoms with Crippen molar-refractivity contribution in [2.24, 2.45) is 0 Å². The summed E-state index contributed by atoms with van der Waals surface area (Å²) >= 11 is 2.12. The zero-order valence-electron chi connectivity index (χ0n) is 22.4. The summed E-state index contributed by atoms with van der Waals surface area (Å²) in [5.41, 5.74) is 16.3. The van der Waals surface area contributed by atoms with Crippen LogP contribution in [0.4, 0.5) is 0 Å². The lowest BCUT2D eigenvalue weighted by molar-refractivity contribution is 0.731. The average molecular weight is 471 g/mol. The highest BCUT2D eigenvalue weighted by Crippen LogP contribution is 2.54. The molecule has 0 bridgehead atoms. The molecule has 0 amide bonds. The Labute approximate surface area is 212 Å². The Bertz CT molecular complexity index is 1170. The van der Waals surface area contributed by atoms with Gasteiger partial charge in [0.15, 0.2) is 0 Å². The van der Waals surface area contributed by atoms with E-state index < -0.39 is 0 Å². The Morgan fingerprint density at radius 3 is 2.29 bits per heavy atom. The third kappa shape index (κ3) is 4.49. The quantitative estimate of drug-likeness (QED) is 0.351. The van der Waals surface area contributed by atoms with Gasteiger partial charge in [-0.15, -0.1) is 11.8 Å². The topological polar surface area (TPSA) is 0 Å². The fraction of sp³-hybridized carbons (Fsp3) is 0.455. The van der Waals surface area contributed by atoms with E-state index in [0.29, 0.717) is 5.25 Å². The molecule has 2 aromatic rings. The zero-order valence-corrected chi connectivity index (χ0v) is 23.2. The predicted octanol–water partition coefficient (Wildman–Crippen LogP) is 10.0. The lowest BCUT2D eigenvalue weighted by atomic mass is 9.83. The molecule has 1 aliphatic heterocycles. The van der Waals surface area contributed by atoms with E-state index in [2.05, 4.69) is 96.7 Å². The Kier molecular flexibility index (Phi) is 7.93. The normalized spacial score (nSPS) is 17.0. The van der Waals surface area contributed by atoms with Crippen LogP contribution in [0.1, 0.15) is 91.8 Å². The van der Waals surface area contributed by atoms with Crippen LogP contribution >= 0.6 is 11.8 Å². The van der Waals surface area contributed by atoms with E-state index in [0.717, 1.165) is 0 Å². The first-order valence-electron chi connectivity index (χ1n) is 13.4. The maximum atomic E-state index is 2.48. The molecular formula is C33H42S. The minimum Gasteiger partial charge on any atom is -0.117 e. The van der Waals surface area contributed by atoms with Gasteiger partial charge in [0.1, 0.15) is 0 Å². The minimum atomic E-state index is 0.596. The van der Waals surface area contributed by atoms with Gasteiger partial charge in [0.05, 0.1) is 0 Å². The van der Waals surface area contributed by atoms with Gasteiger partial charge in [0, 0.05) is 10.2 Å². The molecule has 1 heteroatoms. The minimum absolute atomic E-state index is 0.596. The fourth-order valence-corrected chi connectivity index (χ4v) is 7.30. The molecule has 4 rings (SSSR count). The van der Waals surface area contributed by atoms with Crippen molar-refractivity contribution in [3.63, 3.8) is 0 Å². The number of hydrogen-bond donors (Lipinski definition) is 0. The van der Waals surface area contributed by atoms with Crippen molar-refractivity contribution in [1.82, 2.24) is 0 Å². The Balaban J connectivity index is 1.93. The van der Waals surface area contributed by atoms with Crippen molar-refractivity contribution in [1.29, 1.82) is 0 Å². The molecule has 0 nitrogen and oxygen atoms in total. The van der Waals surface area contributed by atoms with Crippen LogP contribution in [0, 0.1) is 27.7 Å². The molecule has 0 fully saturated rings. The first-order valence-corrected chi connectivity index (χ1v) is 14.3. The number of unbranched alkanes of at least 4 members (excludes halogenated alkanes) is 1. The van der Waals surface area contributed by atoms with Crippen LogP contribution in [-0.4, -0.2) is 5.25 Å². The van der Waals surface area contributed by atoms with Gasteiger partial charge >= 0.3 is 0 Å². The summed E-state index contributed by atoms with van der Waals surface area (Å²) in [6.07, 6.45) is 15.6. The Morgan fingerprint density at radius 1 is 0.824 bits per heavy atom. The van der Waals surface area contributed by atoms with Crippen LogP contribution in [0.15, 0.2) is 47.6 Å². The third-order valence-electron chi connectivity index (χ3n) is 7.91. The molecule has 180 valence electrons. The smallest absolute Gasteiger partial charge is 0.0351 e. The van der Waals surface area contributed by atoms with E-state index in [1.165, 1.54) is 94.4 Å². The molecule has 0 spiro atoms. The molecule has 1 heterocycles. The van der Waals surface area contributed by atoms with Crippen molar-refractivity contribution >= 4 is 16.7 Å². The van der Waals surface area contributed by atoms with Gasteiger partial charge in [-0.25, -0.2) is 0 Å². The lowest BCUT2D eigenvalue weighted by Gasteiger charge is -2.23. The second kappa shape index (κ2) is 10.7. The maximum Gasteiger partial charge on any atom is 0.0351 e. The van der Waals surface area contributed by atoms with Crippen LogP contribution in [-0.2, 0) is 12.8 Å². The number of benzene rings is 2. The van der Waals surface area contributed by atoms with Crippen molar-refractivity contribution in [2.45, 2.75) is 98.7 Å². The molecule has 0 N–H and O–H groups in total. The molecule has 1 atom stereocenters. The highest BCUT2D eigenvalue weighted by molar-refractivity contribution is 8.09. The second-order valence-corrected chi connectivity index (χ2v) is 11.4. The van der Waals surface area contributed by atoms with Gasteiger partial charge in [-0.05, 0) is 114 Å². The van der Waals surface area contributed by atoms with Crippen molar-refractivity contribution < 1.29 is 0 Å². The van der Waals surface area contributed by atoms with Crippen LogP contribution in [0.2, 0.25) is 0 Å². The first kappa shape index (κ1) is 25.1. The number of fused-ring (bicyclic) bond motifs is 1. The summed E-state index contributed by atoms with van der Waals surface area (Å²) < 4.78 is 0. The van der Waals surface area contributed by atoms with E-state index in [9.17, 15) is 0 Å². The third-order valence-corrected chi connectivity index (χ3v) is 9.36. The number of thioether (sulfide) groups is 1. The van der Waals surface area contributed by atoms with Gasteiger partial charge in [-0.2, -0.15) is 0 Å². The number of hydrogen-bond acceptors (Lipinski definition) is 1. The Hall–Kier alpha value is -1.99. The molecule has 0 saturated carbocycles. The number of rotatable bonds is 9. The predicted molar refractivity (Wildman–Crippen MR) is 154 cm³/mol. The summed E-state index contributed by atoms with van der Waals surface area (Å²) in [5, 5.41) is 0.596. The highest BCUT2D eigenvalue weighted by Gasteiger charge is 2.32. The monoisotopic (exact) mass is 470 g/mol. The summed E-state index contributed by atoms with van der Waals surface area (Å²) in [6.45, 7) is 16.2. The standard InChI is InChI=1S/C33H42S/c1-8-11-17-31-28-15-12-16-29(28)33(34-31)30-20-21(4)22(5)23(6)32(30)27-19-18-25(13-9-2)26(14-10-3)24(27)7/h12,15-16,18-20,31H,8-11,13-14,17H2,1-7H3. The van der Waals surface area contributed by atoms with Crippen molar-refractivity contribution in [3.05, 3.63) is 86.5 Å². The summed E-state index contributed by atoms with van der Waals surface area (Å²) in [4.78, 5) is 1.50. The maximum absolute atomic E-state index is 2.48. The fourth-order valence-electron chi connectivity index (χ4n) is 5.80. The second-order valence-electron chi connectivity index (χ2n) is 10.2. The lowest BCUT2D eigenvalue weighted by Crippen LogP contribution is -2.03. The van der Waals surface area contributed by atoms with Crippen LogP contribution in [0.3, 0.4) is 0 Å². The van der Waals surface area contributed by atoms with E-state index >= 15 is 0 Å². The SMILES string of the molecule is CCCCC1SC(c2cc(C)c(C)c(C)c2-c2ccc(CCC)c(CCC)c2C)=C2C=CC=C21. The van der Waals surface area contributed by atoms with E-state index in [4.69, 9.17) is 0 Å². The van der Waals surface area contributed by atoms with Crippen molar-refractivity contribution in [2.75, 3.05) is 0 Å². The molecule has 0 saturated heterocycles. The van der Waals surface area contributed by atoms with E-state index in [1.54, 1.807) is 16.7 Å². The Morgan fingerprint density at radius 2 is 1.59 bits per heavy atom. The number of aryl methyl sites for hydroxylation is 2.